The number of anilines is 1. The Hall–Kier alpha value is -3.06. The minimum absolute atomic E-state index is 0.00558. The summed E-state index contributed by atoms with van der Waals surface area (Å²) < 4.78 is 11.0. The van der Waals surface area contributed by atoms with E-state index in [0.29, 0.717) is 29.4 Å². The Morgan fingerprint density at radius 2 is 2.08 bits per heavy atom. The number of nitrogens with zero attached hydrogens (tertiary/aromatic N) is 1. The SMILES string of the molecule is COc1cc(C(=O)Nc2ccccc2O)ccc1OCc1cscn1. The number of hydrogen-bond donors (Lipinski definition) is 2. The van der Waals surface area contributed by atoms with Gasteiger partial charge in [0.15, 0.2) is 11.5 Å². The molecule has 3 aromatic rings. The number of amides is 1. The van der Waals surface area contributed by atoms with Gasteiger partial charge < -0.3 is 19.9 Å². The van der Waals surface area contributed by atoms with Gasteiger partial charge in [0.25, 0.3) is 5.91 Å². The lowest BCUT2D eigenvalue weighted by Crippen LogP contribution is -2.12. The van der Waals surface area contributed by atoms with E-state index in [1.165, 1.54) is 24.5 Å². The molecule has 2 N–H and O–H groups in total. The molecule has 0 bridgehead atoms. The fourth-order valence-corrected chi connectivity index (χ4v) is 2.71. The summed E-state index contributed by atoms with van der Waals surface area (Å²) in [6.07, 6.45) is 0. The lowest BCUT2D eigenvalue weighted by molar-refractivity contribution is 0.102. The van der Waals surface area contributed by atoms with Crippen LogP contribution in [0.2, 0.25) is 0 Å². The molecule has 0 unspecified atom stereocenters. The molecule has 0 aliphatic carbocycles. The van der Waals surface area contributed by atoms with Crippen LogP contribution in [0, 0.1) is 0 Å². The first-order valence-electron chi connectivity index (χ1n) is 7.44. The van der Waals surface area contributed by atoms with E-state index < -0.39 is 0 Å². The second-order valence-corrected chi connectivity index (χ2v) is 5.82. The molecule has 0 aliphatic rings. The Bertz CT molecular complexity index is 865. The Balaban J connectivity index is 1.74. The van der Waals surface area contributed by atoms with E-state index in [-0.39, 0.29) is 11.7 Å². The van der Waals surface area contributed by atoms with Gasteiger partial charge in [-0.3, -0.25) is 4.79 Å². The highest BCUT2D eigenvalue weighted by Gasteiger charge is 2.13. The number of aromatic hydroxyl groups is 1. The zero-order chi connectivity index (χ0) is 17.6. The van der Waals surface area contributed by atoms with Crippen molar-refractivity contribution in [3.63, 3.8) is 0 Å². The number of carbonyl (C=O) groups excluding carboxylic acids is 1. The Kier molecular flexibility index (Phi) is 5.15. The van der Waals surface area contributed by atoms with E-state index in [1.54, 1.807) is 41.9 Å². The van der Waals surface area contributed by atoms with Gasteiger partial charge in [-0.2, -0.15) is 0 Å². The van der Waals surface area contributed by atoms with Crippen LogP contribution >= 0.6 is 11.3 Å². The minimum atomic E-state index is -0.356. The second-order valence-electron chi connectivity index (χ2n) is 5.11. The highest BCUT2D eigenvalue weighted by molar-refractivity contribution is 7.07. The summed E-state index contributed by atoms with van der Waals surface area (Å²) in [5, 5.41) is 14.3. The first kappa shape index (κ1) is 16.8. The quantitative estimate of drug-likeness (QED) is 0.659. The summed E-state index contributed by atoms with van der Waals surface area (Å²) in [5.74, 6) is 0.617. The lowest BCUT2D eigenvalue weighted by Gasteiger charge is -2.12. The van der Waals surface area contributed by atoms with Gasteiger partial charge in [0.05, 0.1) is 24.0 Å². The number of nitrogens with one attached hydrogen (secondary N) is 1. The molecular weight excluding hydrogens is 340 g/mol. The first-order valence-corrected chi connectivity index (χ1v) is 8.39. The smallest absolute Gasteiger partial charge is 0.255 e. The zero-order valence-electron chi connectivity index (χ0n) is 13.4. The maximum Gasteiger partial charge on any atom is 0.255 e. The predicted molar refractivity (Wildman–Crippen MR) is 95.5 cm³/mol. The number of hydrogen-bond acceptors (Lipinski definition) is 6. The number of phenols is 1. The van der Waals surface area contributed by atoms with Crippen LogP contribution in [0.1, 0.15) is 16.1 Å². The molecule has 0 atom stereocenters. The maximum absolute atomic E-state index is 12.4. The van der Waals surface area contributed by atoms with Crippen molar-refractivity contribution < 1.29 is 19.4 Å². The zero-order valence-corrected chi connectivity index (χ0v) is 14.2. The molecule has 0 aliphatic heterocycles. The van der Waals surface area contributed by atoms with Crippen molar-refractivity contribution in [3.05, 3.63) is 64.6 Å². The first-order chi connectivity index (χ1) is 12.2. The van der Waals surface area contributed by atoms with Gasteiger partial charge in [-0.1, -0.05) is 12.1 Å². The fraction of sp³-hybridized carbons (Fsp3) is 0.111. The third-order valence-electron chi connectivity index (χ3n) is 3.44. The van der Waals surface area contributed by atoms with Crippen molar-refractivity contribution in [1.29, 1.82) is 0 Å². The number of methoxy groups -OCH3 is 1. The molecule has 1 heterocycles. The van der Waals surface area contributed by atoms with Gasteiger partial charge in [0, 0.05) is 10.9 Å². The molecule has 128 valence electrons. The van der Waals surface area contributed by atoms with E-state index in [9.17, 15) is 9.90 Å². The van der Waals surface area contributed by atoms with Crippen LogP contribution in [0.25, 0.3) is 0 Å². The number of phenolic OH excluding ortho intramolecular Hbond substituents is 1. The van der Waals surface area contributed by atoms with Crippen LogP contribution < -0.4 is 14.8 Å². The van der Waals surface area contributed by atoms with Gasteiger partial charge in [-0.25, -0.2) is 4.98 Å². The molecular formula is C18H16N2O4S. The summed E-state index contributed by atoms with van der Waals surface area (Å²) in [6.45, 7) is 0.323. The lowest BCUT2D eigenvalue weighted by atomic mass is 10.1. The minimum Gasteiger partial charge on any atom is -0.506 e. The van der Waals surface area contributed by atoms with Crippen LogP contribution in [0.4, 0.5) is 5.69 Å². The van der Waals surface area contributed by atoms with Gasteiger partial charge in [0.1, 0.15) is 12.4 Å². The molecule has 0 saturated carbocycles. The Morgan fingerprint density at radius 3 is 2.80 bits per heavy atom. The maximum atomic E-state index is 12.4. The van der Waals surface area contributed by atoms with Crippen molar-refractivity contribution in [2.24, 2.45) is 0 Å². The van der Waals surface area contributed by atoms with Crippen LogP contribution in [0.5, 0.6) is 17.2 Å². The third kappa shape index (κ3) is 4.07. The largest absolute Gasteiger partial charge is 0.506 e. The molecule has 0 radical (unpaired) electrons. The number of benzene rings is 2. The average Bonchev–Trinajstić information content (AvgIpc) is 3.15. The van der Waals surface area contributed by atoms with Crippen LogP contribution in [-0.4, -0.2) is 23.1 Å². The van der Waals surface area contributed by atoms with Gasteiger partial charge in [0.2, 0.25) is 0 Å². The molecule has 2 aromatic carbocycles. The molecule has 6 nitrogen and oxygen atoms in total. The number of ether oxygens (including phenoxy) is 2. The highest BCUT2D eigenvalue weighted by Crippen LogP contribution is 2.30. The molecule has 25 heavy (non-hydrogen) atoms. The fourth-order valence-electron chi connectivity index (χ4n) is 2.16. The summed E-state index contributed by atoms with van der Waals surface area (Å²) >= 11 is 1.50. The topological polar surface area (TPSA) is 80.7 Å². The Labute approximate surface area is 148 Å². The molecule has 0 fully saturated rings. The number of rotatable bonds is 6. The summed E-state index contributed by atoms with van der Waals surface area (Å²) in [7, 11) is 1.51. The summed E-state index contributed by atoms with van der Waals surface area (Å²) in [5.41, 5.74) is 3.30. The van der Waals surface area contributed by atoms with E-state index >= 15 is 0 Å². The van der Waals surface area contributed by atoms with E-state index in [2.05, 4.69) is 10.3 Å². The van der Waals surface area contributed by atoms with Gasteiger partial charge in [-0.05, 0) is 30.3 Å². The van der Waals surface area contributed by atoms with Crippen LogP contribution in [0.3, 0.4) is 0 Å². The summed E-state index contributed by atoms with van der Waals surface area (Å²) in [6, 6.07) is 11.4. The monoisotopic (exact) mass is 356 g/mol. The van der Waals surface area contributed by atoms with E-state index in [0.717, 1.165) is 5.69 Å². The van der Waals surface area contributed by atoms with Crippen molar-refractivity contribution in [2.75, 3.05) is 12.4 Å². The number of aromatic nitrogens is 1. The van der Waals surface area contributed by atoms with E-state index in [4.69, 9.17) is 9.47 Å². The Morgan fingerprint density at radius 1 is 1.24 bits per heavy atom. The van der Waals surface area contributed by atoms with Gasteiger partial charge >= 0.3 is 0 Å². The number of carbonyl (C=O) groups is 1. The number of thiazole rings is 1. The third-order valence-corrected chi connectivity index (χ3v) is 4.07. The van der Waals surface area contributed by atoms with Crippen molar-refractivity contribution in [2.45, 2.75) is 6.61 Å². The van der Waals surface area contributed by atoms with Gasteiger partial charge in [-0.15, -0.1) is 11.3 Å². The molecule has 1 amide bonds. The molecule has 1 aromatic heterocycles. The molecule has 3 rings (SSSR count). The standard InChI is InChI=1S/C18H16N2O4S/c1-23-17-8-12(18(22)20-14-4-2-3-5-15(14)21)6-7-16(17)24-9-13-10-25-11-19-13/h2-8,10-11,21H,9H2,1H3,(H,20,22). The van der Waals surface area contributed by atoms with Crippen LogP contribution in [0.15, 0.2) is 53.4 Å². The van der Waals surface area contributed by atoms with Crippen LogP contribution in [-0.2, 0) is 6.61 Å². The molecule has 7 heteroatoms. The second kappa shape index (κ2) is 7.67. The summed E-state index contributed by atoms with van der Waals surface area (Å²) in [4.78, 5) is 16.5. The average molecular weight is 356 g/mol. The van der Waals surface area contributed by atoms with Crippen molar-refractivity contribution in [3.8, 4) is 17.2 Å². The van der Waals surface area contributed by atoms with Crippen molar-refractivity contribution in [1.82, 2.24) is 4.98 Å². The normalized spacial score (nSPS) is 10.3. The van der Waals surface area contributed by atoms with E-state index in [1.807, 2.05) is 5.38 Å². The molecule has 0 spiro atoms. The predicted octanol–water partition coefficient (Wildman–Crippen LogP) is 3.69. The van der Waals surface area contributed by atoms with Crippen molar-refractivity contribution >= 4 is 22.9 Å². The number of para-hydroxylation sites is 2. The molecule has 0 saturated heterocycles. The highest BCUT2D eigenvalue weighted by atomic mass is 32.1.